The molecule has 1 aliphatic rings. The average Bonchev–Trinajstić information content (AvgIpc) is 3.05. The molecule has 44 heavy (non-hydrogen) atoms. The van der Waals surface area contributed by atoms with Crippen molar-refractivity contribution in [3.05, 3.63) is 53.3 Å². The van der Waals surface area contributed by atoms with Gasteiger partial charge in [0.25, 0.3) is 5.91 Å². The summed E-state index contributed by atoms with van der Waals surface area (Å²) in [4.78, 5) is 45.1. The second kappa shape index (κ2) is 14.4. The minimum Gasteiger partial charge on any atom is -0.495 e. The highest BCUT2D eigenvalue weighted by Crippen LogP contribution is 2.34. The number of carbonyl (C=O) groups is 3. The number of hydrogen-bond donors (Lipinski definition) is 3. The van der Waals surface area contributed by atoms with E-state index in [0.29, 0.717) is 6.20 Å². The molecule has 242 valence electrons. The van der Waals surface area contributed by atoms with Gasteiger partial charge in [0, 0.05) is 36.9 Å². The van der Waals surface area contributed by atoms with Crippen LogP contribution in [0.25, 0.3) is 0 Å². The van der Waals surface area contributed by atoms with Crippen LogP contribution in [-0.4, -0.2) is 54.0 Å². The number of benzodiazepines with no additional fused rings is 1. The molecule has 0 aliphatic carbocycles. The number of rotatable bonds is 8. The number of primary amides is 1. The standard InChI is InChI=1S/C23H21F6N5O4.C3H5F3/c1-38-15-4-2-3-13-17(14-6-5-12(10-31-14)23(27,28)29)32-19(21(37)33-18(13)15)34-20(36)11(9-16(30)35)7-8-22(24,25)26;1-2-3(4,5)6/h2-6,10-11,19H,7-9H2,1H3,(H2,30,35)(H,33,37)(H,34,36);2H2,1H3. The first-order valence-corrected chi connectivity index (χ1v) is 12.6. The minimum atomic E-state index is -4.67. The summed E-state index contributed by atoms with van der Waals surface area (Å²) in [6.45, 7) is 1.08. The lowest BCUT2D eigenvalue weighted by Crippen LogP contribution is -2.45. The predicted molar refractivity (Wildman–Crippen MR) is 137 cm³/mol. The van der Waals surface area contributed by atoms with Gasteiger partial charge in [0.2, 0.25) is 18.0 Å². The Morgan fingerprint density at radius 3 is 2.16 bits per heavy atom. The van der Waals surface area contributed by atoms with Crippen molar-refractivity contribution in [3.8, 4) is 5.75 Å². The molecule has 3 amide bonds. The van der Waals surface area contributed by atoms with Gasteiger partial charge in [-0.05, 0) is 24.6 Å². The quantitative estimate of drug-likeness (QED) is 0.343. The molecule has 18 heteroatoms. The number of carbonyl (C=O) groups excluding carboxylic acids is 3. The number of halogens is 9. The molecule has 4 N–H and O–H groups in total. The fourth-order valence-corrected chi connectivity index (χ4v) is 3.64. The topological polar surface area (TPSA) is 136 Å². The number of anilines is 1. The van der Waals surface area contributed by atoms with Crippen molar-refractivity contribution in [2.75, 3.05) is 12.4 Å². The van der Waals surface area contributed by atoms with Crippen molar-refractivity contribution >= 4 is 29.1 Å². The van der Waals surface area contributed by atoms with Gasteiger partial charge in [-0.25, -0.2) is 4.99 Å². The number of pyridine rings is 1. The highest BCUT2D eigenvalue weighted by Gasteiger charge is 2.35. The zero-order valence-electron chi connectivity index (χ0n) is 23.0. The number of fused-ring (bicyclic) bond motifs is 1. The van der Waals surface area contributed by atoms with Crippen molar-refractivity contribution in [1.82, 2.24) is 10.3 Å². The number of aromatic nitrogens is 1. The second-order valence-corrected chi connectivity index (χ2v) is 9.18. The number of amides is 3. The van der Waals surface area contributed by atoms with Gasteiger partial charge in [-0.15, -0.1) is 0 Å². The Bertz CT molecular complexity index is 1360. The molecule has 3 rings (SSSR count). The van der Waals surface area contributed by atoms with Gasteiger partial charge in [-0.3, -0.25) is 19.4 Å². The molecular weight excluding hydrogens is 617 g/mol. The molecule has 1 aromatic carbocycles. The number of ether oxygens (including phenoxy) is 1. The Kier molecular flexibility index (Phi) is 11.7. The van der Waals surface area contributed by atoms with Gasteiger partial charge in [0.1, 0.15) is 5.75 Å². The van der Waals surface area contributed by atoms with Crippen molar-refractivity contribution < 1.29 is 58.6 Å². The zero-order valence-corrected chi connectivity index (χ0v) is 23.0. The van der Waals surface area contributed by atoms with E-state index >= 15 is 0 Å². The average molecular weight is 644 g/mol. The van der Waals surface area contributed by atoms with Gasteiger partial charge in [-0.2, -0.15) is 39.5 Å². The van der Waals surface area contributed by atoms with Crippen LogP contribution in [0.15, 0.2) is 41.5 Å². The fourth-order valence-electron chi connectivity index (χ4n) is 3.64. The Morgan fingerprint density at radius 1 is 1.05 bits per heavy atom. The van der Waals surface area contributed by atoms with E-state index in [0.717, 1.165) is 19.1 Å². The summed E-state index contributed by atoms with van der Waals surface area (Å²) in [5, 5.41) is 4.69. The Balaban J connectivity index is 0.00000102. The molecule has 0 spiro atoms. The van der Waals surface area contributed by atoms with Crippen molar-refractivity contribution in [3.63, 3.8) is 0 Å². The van der Waals surface area contributed by atoms with Crippen molar-refractivity contribution in [1.29, 1.82) is 0 Å². The lowest BCUT2D eigenvalue weighted by Gasteiger charge is -2.19. The third kappa shape index (κ3) is 10.7. The maximum Gasteiger partial charge on any atom is 0.417 e. The number of methoxy groups -OCH3 is 1. The first-order valence-electron chi connectivity index (χ1n) is 12.6. The minimum absolute atomic E-state index is 0.0722. The van der Waals surface area contributed by atoms with E-state index in [2.05, 4.69) is 20.6 Å². The normalized spacial score (nSPS) is 15.8. The van der Waals surface area contributed by atoms with E-state index in [1.165, 1.54) is 25.3 Å². The van der Waals surface area contributed by atoms with Gasteiger partial charge < -0.3 is 21.1 Å². The van der Waals surface area contributed by atoms with E-state index in [1.807, 2.05) is 0 Å². The van der Waals surface area contributed by atoms with E-state index in [1.54, 1.807) is 0 Å². The number of benzene rings is 1. The number of hydrogen-bond acceptors (Lipinski definition) is 6. The third-order valence-electron chi connectivity index (χ3n) is 5.86. The van der Waals surface area contributed by atoms with Gasteiger partial charge >= 0.3 is 18.5 Å². The highest BCUT2D eigenvalue weighted by atomic mass is 19.4. The summed E-state index contributed by atoms with van der Waals surface area (Å²) < 4.78 is 115. The van der Waals surface area contributed by atoms with Crippen LogP contribution >= 0.6 is 0 Å². The first kappa shape index (κ1) is 35.8. The zero-order chi connectivity index (χ0) is 33.5. The first-order chi connectivity index (χ1) is 20.3. The van der Waals surface area contributed by atoms with E-state index in [9.17, 15) is 53.9 Å². The summed E-state index contributed by atoms with van der Waals surface area (Å²) >= 11 is 0. The molecule has 0 fully saturated rings. The summed E-state index contributed by atoms with van der Waals surface area (Å²) in [6, 6.07) is 6.23. The molecule has 1 aromatic heterocycles. The number of aliphatic imine (C=N–C) groups is 1. The van der Waals surface area contributed by atoms with E-state index in [4.69, 9.17) is 10.5 Å². The smallest absolute Gasteiger partial charge is 0.417 e. The number of para-hydroxylation sites is 1. The summed E-state index contributed by atoms with van der Waals surface area (Å²) in [7, 11) is 1.30. The Morgan fingerprint density at radius 2 is 1.68 bits per heavy atom. The molecule has 2 atom stereocenters. The third-order valence-corrected chi connectivity index (χ3v) is 5.86. The molecule has 0 bridgehead atoms. The monoisotopic (exact) mass is 643 g/mol. The van der Waals surface area contributed by atoms with Crippen LogP contribution in [-0.2, 0) is 20.6 Å². The predicted octanol–water partition coefficient (Wildman–Crippen LogP) is 5.13. The Hall–Kier alpha value is -4.38. The van der Waals surface area contributed by atoms with Gasteiger partial charge in [0.05, 0.1) is 29.8 Å². The van der Waals surface area contributed by atoms with Gasteiger partial charge in [-0.1, -0.05) is 19.1 Å². The molecule has 1 aliphatic heterocycles. The van der Waals surface area contributed by atoms with Crippen LogP contribution in [0.1, 0.15) is 49.4 Å². The second-order valence-electron chi connectivity index (χ2n) is 9.18. The van der Waals surface area contributed by atoms with Crippen LogP contribution in [0.3, 0.4) is 0 Å². The van der Waals surface area contributed by atoms with Crippen LogP contribution in [0.5, 0.6) is 5.75 Å². The highest BCUT2D eigenvalue weighted by molar-refractivity contribution is 6.19. The molecule has 0 saturated heterocycles. The van der Waals surface area contributed by atoms with Crippen molar-refractivity contribution in [2.24, 2.45) is 16.6 Å². The molecule has 2 unspecified atom stereocenters. The molecular formula is C26H26F9N5O4. The lowest BCUT2D eigenvalue weighted by atomic mass is 9.97. The molecule has 0 saturated carbocycles. The van der Waals surface area contributed by atoms with Crippen LogP contribution in [0, 0.1) is 5.92 Å². The molecule has 9 nitrogen and oxygen atoms in total. The lowest BCUT2D eigenvalue weighted by molar-refractivity contribution is -0.143. The van der Waals surface area contributed by atoms with Crippen LogP contribution in [0.2, 0.25) is 0 Å². The van der Waals surface area contributed by atoms with E-state index in [-0.39, 0.29) is 28.4 Å². The van der Waals surface area contributed by atoms with Crippen molar-refractivity contribution in [2.45, 2.75) is 57.3 Å². The van der Waals surface area contributed by atoms with Crippen LogP contribution < -0.4 is 21.1 Å². The maximum absolute atomic E-state index is 13.0. The van der Waals surface area contributed by atoms with Gasteiger partial charge in [0.15, 0.2) is 0 Å². The number of nitrogens with one attached hydrogen (secondary N) is 2. The van der Waals surface area contributed by atoms with E-state index < -0.39 is 79.6 Å². The molecule has 0 radical (unpaired) electrons. The largest absolute Gasteiger partial charge is 0.495 e. The number of alkyl halides is 9. The molecule has 2 aromatic rings. The maximum atomic E-state index is 13.0. The number of nitrogens with zero attached hydrogens (tertiary/aromatic N) is 2. The summed E-state index contributed by atoms with van der Waals surface area (Å²) in [5.74, 6) is -4.44. The fraction of sp³-hybridized carbons (Fsp3) is 0.423. The van der Waals surface area contributed by atoms with Crippen LogP contribution in [0.4, 0.5) is 45.2 Å². The molecule has 2 heterocycles. The summed E-state index contributed by atoms with van der Waals surface area (Å²) in [5.41, 5.74) is 4.08. The summed E-state index contributed by atoms with van der Waals surface area (Å²) in [6.07, 6.45) is -18.1. The number of nitrogens with two attached hydrogens (primary N) is 1. The SMILES string of the molecule is CCC(F)(F)F.COc1cccc2c1NC(=O)C(NC(=O)C(CCC(F)(F)F)CC(N)=O)N=C2c1ccc(C(F)(F)F)cn1. The Labute approximate surface area is 244 Å².